The van der Waals surface area contributed by atoms with Gasteiger partial charge in [-0.05, 0) is 17.5 Å². The lowest BCUT2D eigenvalue weighted by Crippen LogP contribution is -2.28. The molecule has 4 nitrogen and oxygen atoms in total. The Morgan fingerprint density at radius 3 is 2.73 bits per heavy atom. The summed E-state index contributed by atoms with van der Waals surface area (Å²) in [7, 11) is 1.66. The number of rotatable bonds is 4. The summed E-state index contributed by atoms with van der Waals surface area (Å²) in [5, 5.41) is 11.4. The van der Waals surface area contributed by atoms with Gasteiger partial charge in [0.05, 0.1) is 10.9 Å². The summed E-state index contributed by atoms with van der Waals surface area (Å²) in [6.45, 7) is 1.53. The molecule has 1 unspecified atom stereocenters. The Hall–Kier alpha value is -1.36. The van der Waals surface area contributed by atoms with Crippen molar-refractivity contribution in [2.45, 2.75) is 13.3 Å². The number of carbonyl (C=O) groups is 2. The average molecular weight is 227 g/mol. The van der Waals surface area contributed by atoms with Crippen molar-refractivity contribution in [2.24, 2.45) is 5.92 Å². The number of anilines is 1. The number of aliphatic carboxylic acids is 1. The van der Waals surface area contributed by atoms with E-state index in [0.717, 1.165) is 5.00 Å². The van der Waals surface area contributed by atoms with Crippen LogP contribution in [0.5, 0.6) is 0 Å². The minimum Gasteiger partial charge on any atom is -0.481 e. The third kappa shape index (κ3) is 3.06. The lowest BCUT2D eigenvalue weighted by Gasteiger charge is -2.16. The Balaban J connectivity index is 2.58. The smallest absolute Gasteiger partial charge is 0.306 e. The summed E-state index contributed by atoms with van der Waals surface area (Å²) in [5.41, 5.74) is 0. The maximum Gasteiger partial charge on any atom is 0.306 e. The van der Waals surface area contributed by atoms with E-state index >= 15 is 0 Å². The fraction of sp³-hybridized carbons (Fsp3) is 0.400. The zero-order valence-corrected chi connectivity index (χ0v) is 9.45. The Morgan fingerprint density at radius 1 is 1.60 bits per heavy atom. The van der Waals surface area contributed by atoms with Crippen molar-refractivity contribution < 1.29 is 14.7 Å². The molecule has 1 N–H and O–H groups in total. The predicted molar refractivity (Wildman–Crippen MR) is 59.1 cm³/mol. The number of thiophene rings is 1. The molecule has 0 aliphatic rings. The van der Waals surface area contributed by atoms with E-state index in [1.54, 1.807) is 7.05 Å². The first-order chi connectivity index (χ1) is 7.02. The van der Waals surface area contributed by atoms with Crippen molar-refractivity contribution in [1.29, 1.82) is 0 Å². The quantitative estimate of drug-likeness (QED) is 0.853. The Kier molecular flexibility index (Phi) is 3.85. The fourth-order valence-electron chi connectivity index (χ4n) is 1.07. The third-order valence-electron chi connectivity index (χ3n) is 2.11. The van der Waals surface area contributed by atoms with Crippen molar-refractivity contribution in [2.75, 3.05) is 11.9 Å². The minimum absolute atomic E-state index is 0.0315. The molecular weight excluding hydrogens is 214 g/mol. The Bertz CT molecular complexity index is 348. The molecular formula is C10H13NO3S. The number of carboxylic acids is 1. The lowest BCUT2D eigenvalue weighted by atomic mass is 10.1. The minimum atomic E-state index is -0.942. The van der Waals surface area contributed by atoms with Gasteiger partial charge < -0.3 is 10.0 Å². The molecule has 0 saturated carbocycles. The van der Waals surface area contributed by atoms with E-state index in [1.807, 2.05) is 17.5 Å². The monoisotopic (exact) mass is 227 g/mol. The largest absolute Gasteiger partial charge is 0.481 e. The molecule has 1 amide bonds. The molecule has 1 rings (SSSR count). The molecule has 0 aliphatic carbocycles. The van der Waals surface area contributed by atoms with Gasteiger partial charge in [-0.1, -0.05) is 6.92 Å². The topological polar surface area (TPSA) is 57.6 Å². The number of hydrogen-bond acceptors (Lipinski definition) is 3. The van der Waals surface area contributed by atoms with E-state index in [4.69, 9.17) is 5.11 Å². The van der Waals surface area contributed by atoms with Crippen LogP contribution in [0, 0.1) is 5.92 Å². The summed E-state index contributed by atoms with van der Waals surface area (Å²) in [4.78, 5) is 23.7. The van der Waals surface area contributed by atoms with Gasteiger partial charge in [-0.25, -0.2) is 0 Å². The average Bonchev–Trinajstić information content (AvgIpc) is 2.68. The first-order valence-electron chi connectivity index (χ1n) is 4.55. The molecule has 0 fully saturated rings. The molecule has 1 aromatic heterocycles. The predicted octanol–water partition coefficient (Wildman–Crippen LogP) is 1.82. The van der Waals surface area contributed by atoms with Gasteiger partial charge in [0.15, 0.2) is 0 Å². The van der Waals surface area contributed by atoms with Gasteiger partial charge in [-0.3, -0.25) is 9.59 Å². The van der Waals surface area contributed by atoms with Crippen LogP contribution in [-0.4, -0.2) is 24.0 Å². The molecule has 0 bridgehead atoms. The Morgan fingerprint density at radius 2 is 2.27 bits per heavy atom. The molecule has 1 aromatic rings. The van der Waals surface area contributed by atoms with E-state index < -0.39 is 11.9 Å². The summed E-state index contributed by atoms with van der Waals surface area (Å²) >= 11 is 1.45. The van der Waals surface area contributed by atoms with Crippen molar-refractivity contribution in [3.63, 3.8) is 0 Å². The maximum atomic E-state index is 11.6. The van der Waals surface area contributed by atoms with E-state index in [1.165, 1.54) is 23.2 Å². The molecule has 0 aromatic carbocycles. The maximum absolute atomic E-state index is 11.6. The van der Waals surface area contributed by atoms with Crippen molar-refractivity contribution in [1.82, 2.24) is 0 Å². The summed E-state index contributed by atoms with van der Waals surface area (Å²) < 4.78 is 0. The van der Waals surface area contributed by atoms with Gasteiger partial charge >= 0.3 is 5.97 Å². The van der Waals surface area contributed by atoms with Crippen LogP contribution in [0.15, 0.2) is 17.5 Å². The number of carbonyl (C=O) groups excluding carboxylic acids is 1. The third-order valence-corrected chi connectivity index (χ3v) is 3.06. The van der Waals surface area contributed by atoms with Gasteiger partial charge in [-0.2, -0.15) is 0 Å². The number of hydrogen-bond donors (Lipinski definition) is 1. The van der Waals surface area contributed by atoms with Crippen LogP contribution < -0.4 is 4.90 Å². The van der Waals surface area contributed by atoms with Crippen LogP contribution in [0.4, 0.5) is 5.00 Å². The van der Waals surface area contributed by atoms with Crippen molar-refractivity contribution in [3.8, 4) is 0 Å². The molecule has 0 aliphatic heterocycles. The highest BCUT2D eigenvalue weighted by atomic mass is 32.1. The molecule has 82 valence electrons. The summed E-state index contributed by atoms with van der Waals surface area (Å²) in [5.74, 6) is -1.75. The van der Waals surface area contributed by atoms with Crippen molar-refractivity contribution in [3.05, 3.63) is 17.5 Å². The van der Waals surface area contributed by atoms with E-state index in [9.17, 15) is 9.59 Å². The van der Waals surface area contributed by atoms with Gasteiger partial charge in [-0.15, -0.1) is 11.3 Å². The number of carboxylic acid groups (broad SMARTS) is 1. The van der Waals surface area contributed by atoms with E-state index in [2.05, 4.69) is 0 Å². The number of amides is 1. The highest BCUT2D eigenvalue weighted by molar-refractivity contribution is 7.14. The van der Waals surface area contributed by atoms with Gasteiger partial charge in [0, 0.05) is 13.5 Å². The summed E-state index contributed by atoms with van der Waals surface area (Å²) in [6, 6.07) is 3.68. The standard InChI is InChI=1S/C10H13NO3S/c1-7(10(13)14)6-8(12)11(2)9-4-3-5-15-9/h3-5,7H,6H2,1-2H3,(H,13,14). The van der Waals surface area contributed by atoms with Crippen LogP contribution in [0.25, 0.3) is 0 Å². The van der Waals surface area contributed by atoms with Crippen molar-refractivity contribution >= 4 is 28.2 Å². The molecule has 15 heavy (non-hydrogen) atoms. The second-order valence-corrected chi connectivity index (χ2v) is 4.27. The Labute approximate surface area is 92.1 Å². The summed E-state index contributed by atoms with van der Waals surface area (Å²) in [6.07, 6.45) is 0.0315. The SMILES string of the molecule is CC(CC(=O)N(C)c1cccs1)C(=O)O. The molecule has 0 saturated heterocycles. The zero-order chi connectivity index (χ0) is 11.4. The first-order valence-corrected chi connectivity index (χ1v) is 5.43. The normalized spacial score (nSPS) is 12.1. The molecule has 1 heterocycles. The number of nitrogens with zero attached hydrogens (tertiary/aromatic N) is 1. The molecule has 0 spiro atoms. The highest BCUT2D eigenvalue weighted by Gasteiger charge is 2.19. The molecule has 5 heteroatoms. The molecule has 1 atom stereocenters. The van der Waals surface area contributed by atoms with Gasteiger partial charge in [0.25, 0.3) is 0 Å². The fourth-order valence-corrected chi connectivity index (χ4v) is 1.78. The van der Waals surface area contributed by atoms with Crippen LogP contribution in [-0.2, 0) is 9.59 Å². The lowest BCUT2D eigenvalue weighted by molar-refractivity contribution is -0.143. The van der Waals surface area contributed by atoms with Gasteiger partial charge in [0.2, 0.25) is 5.91 Å². The van der Waals surface area contributed by atoms with Crippen LogP contribution in [0.3, 0.4) is 0 Å². The second-order valence-electron chi connectivity index (χ2n) is 3.35. The van der Waals surface area contributed by atoms with Gasteiger partial charge in [0.1, 0.15) is 0 Å². The van der Waals surface area contributed by atoms with Crippen LogP contribution in [0.1, 0.15) is 13.3 Å². The van der Waals surface area contributed by atoms with Crippen LogP contribution in [0.2, 0.25) is 0 Å². The highest BCUT2D eigenvalue weighted by Crippen LogP contribution is 2.21. The molecule has 0 radical (unpaired) electrons. The van der Waals surface area contributed by atoms with Crippen LogP contribution >= 0.6 is 11.3 Å². The first kappa shape index (κ1) is 11.7. The van der Waals surface area contributed by atoms with E-state index in [-0.39, 0.29) is 12.3 Å². The zero-order valence-electron chi connectivity index (χ0n) is 8.64. The second kappa shape index (κ2) is 4.93. The van der Waals surface area contributed by atoms with E-state index in [0.29, 0.717) is 0 Å².